The molecule has 0 spiro atoms. The highest BCUT2D eigenvalue weighted by atomic mass is 15.3. The lowest BCUT2D eigenvalue weighted by molar-refractivity contribution is 0.660. The Morgan fingerprint density at radius 1 is 0.618 bits per heavy atom. The zero-order chi connectivity index (χ0) is 22.9. The van der Waals surface area contributed by atoms with Crippen LogP contribution >= 0.6 is 0 Å². The molecule has 34 heavy (non-hydrogen) atoms. The Balaban J connectivity index is 1.47. The number of benzene rings is 4. The Morgan fingerprint density at radius 2 is 1.32 bits per heavy atom. The topological polar surface area (TPSA) is 30.2 Å². The monoisotopic (exact) mass is 437 g/mol. The molecule has 0 radical (unpaired) electrons. The van der Waals surface area contributed by atoms with Crippen LogP contribution in [0, 0.1) is 0 Å². The number of nitrogens with zero attached hydrogens (tertiary/aromatic N) is 3. The number of hydrogen-bond donors (Lipinski definition) is 0. The van der Waals surface area contributed by atoms with Crippen molar-refractivity contribution in [2.24, 2.45) is 0 Å². The molecule has 3 nitrogen and oxygen atoms in total. The summed E-state index contributed by atoms with van der Waals surface area (Å²) in [6.45, 7) is 4.65. The molecule has 2 aromatic heterocycles. The molecule has 0 bridgehead atoms. The molecule has 6 aromatic rings. The first-order valence-corrected chi connectivity index (χ1v) is 11.7. The van der Waals surface area contributed by atoms with E-state index >= 15 is 0 Å². The third-order valence-corrected chi connectivity index (χ3v) is 7.27. The van der Waals surface area contributed by atoms with Gasteiger partial charge in [-0.05, 0) is 39.3 Å². The van der Waals surface area contributed by atoms with Gasteiger partial charge in [-0.25, -0.2) is 9.50 Å². The van der Waals surface area contributed by atoms with E-state index in [9.17, 15) is 0 Å². The summed E-state index contributed by atoms with van der Waals surface area (Å²) in [7, 11) is 0. The fraction of sp³-hybridized carbons (Fsp3) is 0.0968. The zero-order valence-corrected chi connectivity index (χ0v) is 19.2. The SMILES string of the molecule is CC1(C)c2ccccc2-c2ccc(-c3cn4nc(-c5ccccc5)nc4c4ccccc34)cc21. The van der Waals surface area contributed by atoms with E-state index in [1.807, 2.05) is 22.7 Å². The molecule has 1 aliphatic rings. The minimum absolute atomic E-state index is 0.0322. The van der Waals surface area contributed by atoms with E-state index in [1.54, 1.807) is 0 Å². The summed E-state index contributed by atoms with van der Waals surface area (Å²) < 4.78 is 1.94. The lowest BCUT2D eigenvalue weighted by Crippen LogP contribution is -2.14. The molecule has 0 aliphatic heterocycles. The Kier molecular flexibility index (Phi) is 3.89. The molecule has 4 aromatic carbocycles. The molecule has 2 heterocycles. The standard InChI is InChI=1S/C31H23N3/c1-31(2)27-15-9-8-13-23(27)24-17-16-21(18-28(24)31)26-19-34-30(25-14-7-6-12-22(25)26)32-29(33-34)20-10-4-3-5-11-20/h3-19H,1-2H3. The van der Waals surface area contributed by atoms with Crippen molar-refractivity contribution in [3.05, 3.63) is 114 Å². The Bertz CT molecular complexity index is 1730. The van der Waals surface area contributed by atoms with Crippen LogP contribution in [0.5, 0.6) is 0 Å². The van der Waals surface area contributed by atoms with Crippen LogP contribution in [0.1, 0.15) is 25.0 Å². The van der Waals surface area contributed by atoms with Gasteiger partial charge in [0.2, 0.25) is 0 Å². The van der Waals surface area contributed by atoms with Crippen LogP contribution in [0.25, 0.3) is 50.1 Å². The van der Waals surface area contributed by atoms with Gasteiger partial charge in [0.15, 0.2) is 11.5 Å². The molecule has 0 unspecified atom stereocenters. The number of hydrogen-bond acceptors (Lipinski definition) is 2. The van der Waals surface area contributed by atoms with Crippen molar-refractivity contribution in [3.63, 3.8) is 0 Å². The largest absolute Gasteiger partial charge is 0.219 e. The molecule has 7 rings (SSSR count). The summed E-state index contributed by atoms with van der Waals surface area (Å²) in [4.78, 5) is 4.91. The first kappa shape index (κ1) is 19.2. The number of rotatable bonds is 2. The summed E-state index contributed by atoms with van der Waals surface area (Å²) in [6, 6.07) is 34.4. The molecule has 0 amide bonds. The molecular weight excluding hydrogens is 414 g/mol. The van der Waals surface area contributed by atoms with Crippen LogP contribution in [-0.2, 0) is 5.41 Å². The van der Waals surface area contributed by atoms with Crippen LogP contribution in [0.3, 0.4) is 0 Å². The predicted octanol–water partition coefficient (Wildman–Crippen LogP) is 7.52. The third kappa shape index (κ3) is 2.64. The van der Waals surface area contributed by atoms with E-state index in [2.05, 4.69) is 98.9 Å². The molecule has 162 valence electrons. The minimum atomic E-state index is -0.0322. The van der Waals surface area contributed by atoms with Gasteiger partial charge in [0, 0.05) is 28.1 Å². The summed E-state index contributed by atoms with van der Waals surface area (Å²) in [6.07, 6.45) is 2.13. The first-order chi connectivity index (χ1) is 16.6. The van der Waals surface area contributed by atoms with Gasteiger partial charge >= 0.3 is 0 Å². The summed E-state index contributed by atoms with van der Waals surface area (Å²) in [5.74, 6) is 0.744. The fourth-order valence-corrected chi connectivity index (χ4v) is 5.51. The molecule has 0 saturated carbocycles. The predicted molar refractivity (Wildman–Crippen MR) is 139 cm³/mol. The number of pyridine rings is 1. The van der Waals surface area contributed by atoms with Gasteiger partial charge in [0.1, 0.15) is 0 Å². The van der Waals surface area contributed by atoms with Crippen molar-refractivity contribution in [1.82, 2.24) is 14.6 Å². The molecule has 0 fully saturated rings. The van der Waals surface area contributed by atoms with E-state index in [0.717, 1.165) is 22.4 Å². The van der Waals surface area contributed by atoms with Crippen LogP contribution < -0.4 is 0 Å². The van der Waals surface area contributed by atoms with Gasteiger partial charge in [-0.15, -0.1) is 5.10 Å². The first-order valence-electron chi connectivity index (χ1n) is 11.7. The Labute approximate surface area is 198 Å². The molecule has 0 saturated heterocycles. The van der Waals surface area contributed by atoms with Gasteiger partial charge < -0.3 is 0 Å². The average Bonchev–Trinajstić information content (AvgIpc) is 3.42. The fourth-order valence-electron chi connectivity index (χ4n) is 5.51. The molecule has 0 N–H and O–H groups in total. The molecule has 3 heteroatoms. The second-order valence-corrected chi connectivity index (χ2v) is 9.59. The molecule has 0 atom stereocenters. The third-order valence-electron chi connectivity index (χ3n) is 7.27. The quantitative estimate of drug-likeness (QED) is 0.280. The van der Waals surface area contributed by atoms with E-state index in [4.69, 9.17) is 10.1 Å². The van der Waals surface area contributed by atoms with Crippen molar-refractivity contribution >= 4 is 16.4 Å². The van der Waals surface area contributed by atoms with Crippen molar-refractivity contribution in [2.45, 2.75) is 19.3 Å². The normalized spacial score (nSPS) is 13.8. The Hall–Kier alpha value is -4.24. The highest BCUT2D eigenvalue weighted by Crippen LogP contribution is 2.49. The van der Waals surface area contributed by atoms with Crippen LogP contribution in [0.15, 0.2) is 103 Å². The second kappa shape index (κ2) is 6.88. The Morgan fingerprint density at radius 3 is 2.18 bits per heavy atom. The number of fused-ring (bicyclic) bond motifs is 6. The van der Waals surface area contributed by atoms with Crippen LogP contribution in [0.2, 0.25) is 0 Å². The smallest absolute Gasteiger partial charge is 0.182 e. The average molecular weight is 438 g/mol. The summed E-state index contributed by atoms with van der Waals surface area (Å²) >= 11 is 0. The van der Waals surface area contributed by atoms with Crippen molar-refractivity contribution in [3.8, 4) is 33.6 Å². The number of aromatic nitrogens is 3. The summed E-state index contributed by atoms with van der Waals surface area (Å²) in [5.41, 5.74) is 9.69. The lowest BCUT2D eigenvalue weighted by Gasteiger charge is -2.22. The highest BCUT2D eigenvalue weighted by molar-refractivity contribution is 6.03. The molecular formula is C31H23N3. The van der Waals surface area contributed by atoms with Crippen LogP contribution in [-0.4, -0.2) is 14.6 Å². The van der Waals surface area contributed by atoms with Crippen molar-refractivity contribution in [1.29, 1.82) is 0 Å². The zero-order valence-electron chi connectivity index (χ0n) is 19.2. The lowest BCUT2D eigenvalue weighted by atomic mass is 9.81. The van der Waals surface area contributed by atoms with Gasteiger partial charge in [-0.3, -0.25) is 0 Å². The van der Waals surface area contributed by atoms with Gasteiger partial charge in [-0.1, -0.05) is 105 Å². The second-order valence-electron chi connectivity index (χ2n) is 9.59. The van der Waals surface area contributed by atoms with E-state index in [-0.39, 0.29) is 5.41 Å². The van der Waals surface area contributed by atoms with E-state index < -0.39 is 0 Å². The maximum atomic E-state index is 4.91. The summed E-state index contributed by atoms with van der Waals surface area (Å²) in [5, 5.41) is 7.16. The van der Waals surface area contributed by atoms with Gasteiger partial charge in [-0.2, -0.15) is 0 Å². The highest BCUT2D eigenvalue weighted by Gasteiger charge is 2.35. The van der Waals surface area contributed by atoms with E-state index in [1.165, 1.54) is 38.8 Å². The molecule has 1 aliphatic carbocycles. The minimum Gasteiger partial charge on any atom is -0.219 e. The van der Waals surface area contributed by atoms with Crippen molar-refractivity contribution in [2.75, 3.05) is 0 Å². The maximum absolute atomic E-state index is 4.91. The van der Waals surface area contributed by atoms with E-state index in [0.29, 0.717) is 0 Å². The maximum Gasteiger partial charge on any atom is 0.182 e. The van der Waals surface area contributed by atoms with Crippen molar-refractivity contribution < 1.29 is 0 Å². The van der Waals surface area contributed by atoms with Gasteiger partial charge in [0.05, 0.1) is 0 Å². The van der Waals surface area contributed by atoms with Crippen LogP contribution in [0.4, 0.5) is 0 Å². The van der Waals surface area contributed by atoms with Gasteiger partial charge in [0.25, 0.3) is 0 Å².